The molecule has 280 valence electrons. The van der Waals surface area contributed by atoms with E-state index in [0.29, 0.717) is 34.6 Å². The highest BCUT2D eigenvalue weighted by Gasteiger charge is 2.60. The fourth-order valence-corrected chi connectivity index (χ4v) is 9.93. The van der Waals surface area contributed by atoms with Gasteiger partial charge in [-0.05, 0) is 111 Å². The van der Waals surface area contributed by atoms with Crippen LogP contribution in [0.1, 0.15) is 65.6 Å². The van der Waals surface area contributed by atoms with Crippen molar-refractivity contribution in [3.63, 3.8) is 0 Å². The lowest BCUT2D eigenvalue weighted by Crippen LogP contribution is -2.56. The normalized spacial score (nSPS) is 21.9. The molecule has 0 amide bonds. The maximum Gasteiger partial charge on any atom is 0.343 e. The van der Waals surface area contributed by atoms with Gasteiger partial charge < -0.3 is 18.9 Å². The quantitative estimate of drug-likeness (QED) is 0.0692. The van der Waals surface area contributed by atoms with Gasteiger partial charge in [-0.25, -0.2) is 4.79 Å². The first-order valence-corrected chi connectivity index (χ1v) is 19.1. The Kier molecular flexibility index (Phi) is 9.21. The molecule has 2 atom stereocenters. The maximum absolute atomic E-state index is 12.8. The molecule has 4 bridgehead atoms. The molecule has 56 heavy (non-hydrogen) atoms. The number of rotatable bonds is 12. The number of carbonyl (C=O) groups excluding carboxylic acids is 1. The van der Waals surface area contributed by atoms with E-state index < -0.39 is 10.9 Å². The van der Waals surface area contributed by atoms with E-state index in [0.717, 1.165) is 49.2 Å². The number of hydrogen-bond donors (Lipinski definition) is 0. The van der Waals surface area contributed by atoms with Crippen LogP contribution < -0.4 is 18.9 Å². The first kappa shape index (κ1) is 35.2. The topological polar surface area (TPSA) is 110 Å². The van der Waals surface area contributed by atoms with Crippen molar-refractivity contribution in [2.75, 3.05) is 0 Å². The molecule has 0 saturated heterocycles. The van der Waals surface area contributed by atoms with Crippen molar-refractivity contribution < 1.29 is 28.7 Å². The Morgan fingerprint density at radius 3 is 1.91 bits per heavy atom. The predicted octanol–water partition coefficient (Wildman–Crippen LogP) is 11.2. The number of nitro groups is 1. The molecule has 0 radical (unpaired) electrons. The monoisotopic (exact) mass is 744 g/mol. The highest BCUT2D eigenvalue weighted by atomic mass is 16.6. The van der Waals surface area contributed by atoms with E-state index in [1.165, 1.54) is 29.8 Å². The molecule has 9 nitrogen and oxygen atoms in total. The van der Waals surface area contributed by atoms with Crippen molar-refractivity contribution in [1.29, 1.82) is 0 Å². The minimum Gasteiger partial charge on any atom is -0.482 e. The molecular formula is C47H40N2O7. The molecule has 9 heteroatoms. The number of aromatic nitrogens is 1. The first-order chi connectivity index (χ1) is 27.3. The Morgan fingerprint density at radius 2 is 1.29 bits per heavy atom. The lowest BCUT2D eigenvalue weighted by molar-refractivity contribution is -0.386. The van der Waals surface area contributed by atoms with E-state index >= 15 is 0 Å². The molecule has 4 fully saturated rings. The van der Waals surface area contributed by atoms with Crippen LogP contribution in [0.2, 0.25) is 0 Å². The number of carbonyl (C=O) groups is 1. The van der Waals surface area contributed by atoms with Gasteiger partial charge in [-0.2, -0.15) is 0 Å². The summed E-state index contributed by atoms with van der Waals surface area (Å²) < 4.78 is 24.8. The summed E-state index contributed by atoms with van der Waals surface area (Å²) in [6.45, 7) is 0.202. The number of esters is 1. The van der Waals surface area contributed by atoms with Crippen molar-refractivity contribution in [3.8, 4) is 34.5 Å². The lowest BCUT2D eigenvalue weighted by Gasteiger charge is -2.63. The van der Waals surface area contributed by atoms with Crippen LogP contribution in [-0.2, 0) is 17.4 Å². The Hall–Kier alpha value is -6.48. The third kappa shape index (κ3) is 6.96. The van der Waals surface area contributed by atoms with Crippen molar-refractivity contribution in [2.45, 2.75) is 56.0 Å². The van der Waals surface area contributed by atoms with Crippen molar-refractivity contribution in [1.82, 2.24) is 4.98 Å². The van der Waals surface area contributed by atoms with Gasteiger partial charge in [0.2, 0.25) is 5.75 Å². The SMILES string of the molecule is O=C(Oc1cccnc1)c1ccc(Oc2ccccc2C23CC4CC(C2)CC(c2ccccc2Oc2ccc([N+](=O)[O-])c(OCc5ccccc5)c2)(C4)C3)cc1. The predicted molar refractivity (Wildman–Crippen MR) is 211 cm³/mol. The lowest BCUT2D eigenvalue weighted by atomic mass is 9.41. The van der Waals surface area contributed by atoms with Gasteiger partial charge in [-0.3, -0.25) is 15.1 Å². The molecule has 0 N–H and O–H groups in total. The van der Waals surface area contributed by atoms with Crippen LogP contribution >= 0.6 is 0 Å². The molecule has 2 unspecified atom stereocenters. The van der Waals surface area contributed by atoms with Gasteiger partial charge in [0.15, 0.2) is 0 Å². The van der Waals surface area contributed by atoms with Crippen LogP contribution in [0.4, 0.5) is 5.69 Å². The fraction of sp³-hybridized carbons (Fsp3) is 0.234. The van der Waals surface area contributed by atoms with Gasteiger partial charge in [0.1, 0.15) is 35.4 Å². The number of nitrogens with zero attached hydrogens (tertiary/aromatic N) is 2. The van der Waals surface area contributed by atoms with Crippen LogP contribution in [0.15, 0.2) is 146 Å². The van der Waals surface area contributed by atoms with Crippen molar-refractivity contribution >= 4 is 11.7 Å². The minimum absolute atomic E-state index is 0.0902. The zero-order valence-electron chi connectivity index (χ0n) is 30.7. The largest absolute Gasteiger partial charge is 0.482 e. The standard InChI is InChI=1S/C47H40N2O7/c50-45(56-38-11-8-22-48-29-38)35-16-18-36(19-17-35)54-42-14-6-4-12-39(42)46-25-33-23-34(26-46)28-47(27-33,31-46)40-13-5-7-15-43(40)55-37-20-21-41(49(51)52)44(24-37)53-30-32-9-2-1-3-10-32/h1-22,24,29,33-34H,23,25-28,30-31H2. The number of ether oxygens (including phenoxy) is 4. The maximum atomic E-state index is 12.8. The summed E-state index contributed by atoms with van der Waals surface area (Å²) in [4.78, 5) is 28.3. The van der Waals surface area contributed by atoms with Crippen LogP contribution in [-0.4, -0.2) is 15.9 Å². The van der Waals surface area contributed by atoms with Gasteiger partial charge >= 0.3 is 11.7 Å². The number of hydrogen-bond acceptors (Lipinski definition) is 8. The molecule has 10 rings (SSSR count). The average Bonchev–Trinajstić information content (AvgIpc) is 3.21. The number of benzene rings is 5. The third-order valence-electron chi connectivity index (χ3n) is 11.7. The Morgan fingerprint density at radius 1 is 0.679 bits per heavy atom. The Labute approximate surface area is 325 Å². The van der Waals surface area contributed by atoms with E-state index in [1.54, 1.807) is 42.6 Å². The first-order valence-electron chi connectivity index (χ1n) is 19.1. The van der Waals surface area contributed by atoms with E-state index in [9.17, 15) is 14.9 Å². The average molecular weight is 745 g/mol. The summed E-state index contributed by atoms with van der Waals surface area (Å²) in [5.41, 5.74) is 3.42. The van der Waals surface area contributed by atoms with Crippen LogP contribution in [0.25, 0.3) is 0 Å². The van der Waals surface area contributed by atoms with E-state index in [-0.39, 0.29) is 28.9 Å². The smallest absolute Gasteiger partial charge is 0.343 e. The van der Waals surface area contributed by atoms with E-state index in [4.69, 9.17) is 18.9 Å². The Bertz CT molecular complexity index is 2370. The second-order valence-corrected chi connectivity index (χ2v) is 15.5. The summed E-state index contributed by atoms with van der Waals surface area (Å²) >= 11 is 0. The van der Waals surface area contributed by atoms with Gasteiger partial charge in [-0.15, -0.1) is 0 Å². The Balaban J connectivity index is 0.981. The highest BCUT2D eigenvalue weighted by molar-refractivity contribution is 5.91. The highest BCUT2D eigenvalue weighted by Crippen LogP contribution is 2.68. The molecule has 1 heterocycles. The molecule has 4 saturated carbocycles. The second kappa shape index (κ2) is 14.6. The molecule has 4 aliphatic rings. The second-order valence-electron chi connectivity index (χ2n) is 15.5. The minimum atomic E-state index is -0.460. The number of nitro benzene ring substituents is 1. The molecule has 0 spiro atoms. The summed E-state index contributed by atoms with van der Waals surface area (Å²) in [7, 11) is 0. The zero-order valence-corrected chi connectivity index (χ0v) is 30.7. The molecule has 1 aromatic heterocycles. The third-order valence-corrected chi connectivity index (χ3v) is 11.7. The van der Waals surface area contributed by atoms with Crippen molar-refractivity contribution in [2.24, 2.45) is 11.8 Å². The summed E-state index contributed by atoms with van der Waals surface area (Å²) in [5, 5.41) is 11.9. The van der Waals surface area contributed by atoms with E-state index in [2.05, 4.69) is 29.2 Å². The molecule has 0 aliphatic heterocycles. The van der Waals surface area contributed by atoms with Gasteiger partial charge in [-0.1, -0.05) is 66.7 Å². The van der Waals surface area contributed by atoms with Crippen LogP contribution in [0.3, 0.4) is 0 Å². The van der Waals surface area contributed by atoms with Gasteiger partial charge in [0, 0.05) is 40.3 Å². The number of para-hydroxylation sites is 2. The molecule has 4 aliphatic carbocycles. The summed E-state index contributed by atoms with van der Waals surface area (Å²) in [5.74, 6) is 3.92. The fourth-order valence-electron chi connectivity index (χ4n) is 9.93. The molecule has 5 aromatic carbocycles. The summed E-state index contributed by atoms with van der Waals surface area (Å²) in [6.07, 6.45) is 9.66. The van der Waals surface area contributed by atoms with E-state index in [1.807, 2.05) is 66.7 Å². The zero-order chi connectivity index (χ0) is 38.1. The number of pyridine rings is 1. The molecular weight excluding hydrogens is 705 g/mol. The van der Waals surface area contributed by atoms with Crippen LogP contribution in [0.5, 0.6) is 34.5 Å². The van der Waals surface area contributed by atoms with Crippen molar-refractivity contribution in [3.05, 3.63) is 178 Å². The van der Waals surface area contributed by atoms with Gasteiger partial charge in [0.05, 0.1) is 16.7 Å². The van der Waals surface area contributed by atoms with Crippen LogP contribution in [0, 0.1) is 22.0 Å². The summed E-state index contributed by atoms with van der Waals surface area (Å²) in [6, 6.07) is 41.5. The molecule has 6 aromatic rings. The van der Waals surface area contributed by atoms with Gasteiger partial charge in [0.25, 0.3) is 0 Å².